The van der Waals surface area contributed by atoms with Gasteiger partial charge in [0.2, 0.25) is 0 Å². The van der Waals surface area contributed by atoms with Gasteiger partial charge >= 0.3 is 0 Å². The van der Waals surface area contributed by atoms with E-state index in [0.717, 1.165) is 37.2 Å². The first-order chi connectivity index (χ1) is 11.2. The van der Waals surface area contributed by atoms with Crippen molar-refractivity contribution in [1.82, 2.24) is 4.90 Å². The Morgan fingerprint density at radius 1 is 1.17 bits per heavy atom. The van der Waals surface area contributed by atoms with Crippen molar-refractivity contribution in [2.24, 2.45) is 5.73 Å². The molecule has 1 aliphatic rings. The van der Waals surface area contributed by atoms with Crippen LogP contribution in [0.5, 0.6) is 5.75 Å². The van der Waals surface area contributed by atoms with Crippen LogP contribution in [0.25, 0.3) is 0 Å². The molecular weight excluding hydrogens is 288 g/mol. The highest BCUT2D eigenvalue weighted by molar-refractivity contribution is 5.26. The number of nitrogens with two attached hydrogens (primary N) is 1. The van der Waals surface area contributed by atoms with Gasteiger partial charge in [0.1, 0.15) is 5.75 Å². The molecule has 126 valence electrons. The highest BCUT2D eigenvalue weighted by Gasteiger charge is 2.35. The normalized spacial score (nSPS) is 23.9. The van der Waals surface area contributed by atoms with Crippen LogP contribution in [0.1, 0.15) is 18.4 Å². The van der Waals surface area contributed by atoms with E-state index in [1.54, 1.807) is 7.11 Å². The Bertz CT molecular complexity index is 491. The van der Waals surface area contributed by atoms with Crippen molar-refractivity contribution < 1.29 is 9.47 Å². The second kappa shape index (κ2) is 8.87. The van der Waals surface area contributed by atoms with Crippen LogP contribution in [0.2, 0.25) is 0 Å². The second-order valence-corrected chi connectivity index (χ2v) is 6.01. The minimum absolute atomic E-state index is 0.135. The molecule has 0 aliphatic heterocycles. The lowest BCUT2D eigenvalue weighted by Gasteiger charge is -2.29. The molecular formula is C19H28N2O2. The van der Waals surface area contributed by atoms with Crippen molar-refractivity contribution in [2.75, 3.05) is 20.2 Å². The van der Waals surface area contributed by atoms with Crippen molar-refractivity contribution in [3.8, 4) is 5.75 Å². The van der Waals surface area contributed by atoms with Crippen molar-refractivity contribution >= 4 is 0 Å². The topological polar surface area (TPSA) is 47.7 Å². The van der Waals surface area contributed by atoms with E-state index in [4.69, 9.17) is 15.2 Å². The highest BCUT2D eigenvalue weighted by atomic mass is 16.5. The molecule has 0 bridgehead atoms. The second-order valence-electron chi connectivity index (χ2n) is 6.01. The fourth-order valence-electron chi connectivity index (χ4n) is 3.17. The Morgan fingerprint density at radius 3 is 2.39 bits per heavy atom. The van der Waals surface area contributed by atoms with Crippen LogP contribution in [-0.2, 0) is 11.3 Å². The van der Waals surface area contributed by atoms with Crippen LogP contribution >= 0.6 is 0 Å². The first-order valence-electron chi connectivity index (χ1n) is 8.13. The summed E-state index contributed by atoms with van der Waals surface area (Å²) in [5.41, 5.74) is 7.48. The van der Waals surface area contributed by atoms with Crippen LogP contribution in [0.3, 0.4) is 0 Å². The lowest BCUT2D eigenvalue weighted by Crippen LogP contribution is -2.44. The van der Waals surface area contributed by atoms with Crippen molar-refractivity contribution in [1.29, 1.82) is 0 Å². The third-order valence-electron chi connectivity index (χ3n) is 4.37. The number of hydrogen-bond acceptors (Lipinski definition) is 4. The summed E-state index contributed by atoms with van der Waals surface area (Å²) in [6.07, 6.45) is 5.89. The van der Waals surface area contributed by atoms with Gasteiger partial charge in [-0.2, -0.15) is 0 Å². The van der Waals surface area contributed by atoms with Crippen LogP contribution in [-0.4, -0.2) is 43.3 Å². The van der Waals surface area contributed by atoms with Gasteiger partial charge in [0.15, 0.2) is 0 Å². The summed E-state index contributed by atoms with van der Waals surface area (Å²) in [5.74, 6) is 0.862. The summed E-state index contributed by atoms with van der Waals surface area (Å²) in [5, 5.41) is 0. The molecule has 3 atom stereocenters. The molecule has 0 aromatic heterocycles. The number of methoxy groups -OCH3 is 1. The van der Waals surface area contributed by atoms with E-state index in [9.17, 15) is 0 Å². The number of hydrogen-bond donors (Lipinski definition) is 1. The number of ether oxygens (including phenoxy) is 2. The van der Waals surface area contributed by atoms with Gasteiger partial charge in [-0.05, 0) is 30.5 Å². The van der Waals surface area contributed by atoms with E-state index in [-0.39, 0.29) is 12.1 Å². The van der Waals surface area contributed by atoms with Crippen molar-refractivity contribution in [2.45, 2.75) is 37.6 Å². The number of rotatable bonds is 9. The standard InChI is InChI=1S/C19H28N2O2/c1-4-10-21(11-5-2)19-13-17(12-18(19)20)23-14-15-6-8-16(22-3)9-7-15/h4-9,17-19H,1-2,10-14,20H2,3H3/t17-,18+,19+/m0/s1. The van der Waals surface area contributed by atoms with E-state index in [1.165, 1.54) is 0 Å². The van der Waals surface area contributed by atoms with Crippen molar-refractivity contribution in [3.63, 3.8) is 0 Å². The summed E-state index contributed by atoms with van der Waals surface area (Å²) in [6.45, 7) is 9.93. The molecule has 0 heterocycles. The molecule has 0 radical (unpaired) electrons. The van der Waals surface area contributed by atoms with Crippen LogP contribution < -0.4 is 10.5 Å². The Balaban J connectivity index is 1.87. The number of benzene rings is 1. The summed E-state index contributed by atoms with van der Waals surface area (Å²) in [6, 6.07) is 8.44. The van der Waals surface area contributed by atoms with Crippen LogP contribution in [0.4, 0.5) is 0 Å². The highest BCUT2D eigenvalue weighted by Crippen LogP contribution is 2.27. The smallest absolute Gasteiger partial charge is 0.118 e. The summed E-state index contributed by atoms with van der Waals surface area (Å²) < 4.78 is 11.2. The third-order valence-corrected chi connectivity index (χ3v) is 4.37. The molecule has 1 aromatic rings. The summed E-state index contributed by atoms with van der Waals surface area (Å²) in [7, 11) is 1.67. The maximum absolute atomic E-state index is 6.33. The molecule has 0 amide bonds. The Morgan fingerprint density at radius 2 is 1.83 bits per heavy atom. The predicted octanol–water partition coefficient (Wildman–Crippen LogP) is 2.74. The SMILES string of the molecule is C=CCN(CC=C)[C@@H]1C[C@@H](OCc2ccc(OC)cc2)C[C@H]1N. The molecule has 0 saturated heterocycles. The molecule has 0 unspecified atom stereocenters. The zero-order chi connectivity index (χ0) is 16.7. The molecule has 2 rings (SSSR count). The van der Waals surface area contributed by atoms with Gasteiger partial charge in [0.25, 0.3) is 0 Å². The molecule has 1 saturated carbocycles. The monoisotopic (exact) mass is 316 g/mol. The summed E-state index contributed by atoms with van der Waals surface area (Å²) in [4.78, 5) is 2.32. The Kier molecular flexibility index (Phi) is 6.84. The van der Waals surface area contributed by atoms with Crippen molar-refractivity contribution in [3.05, 3.63) is 55.1 Å². The quantitative estimate of drug-likeness (QED) is 0.712. The minimum atomic E-state index is 0.135. The van der Waals surface area contributed by atoms with Gasteiger partial charge in [-0.3, -0.25) is 4.90 Å². The average Bonchev–Trinajstić information content (AvgIpc) is 2.94. The Labute approximate surface area is 139 Å². The van der Waals surface area contributed by atoms with E-state index in [1.807, 2.05) is 36.4 Å². The molecule has 1 aliphatic carbocycles. The van der Waals surface area contributed by atoms with E-state index in [0.29, 0.717) is 12.6 Å². The predicted molar refractivity (Wildman–Crippen MR) is 94.5 cm³/mol. The lowest BCUT2D eigenvalue weighted by atomic mass is 10.1. The number of nitrogens with zero attached hydrogens (tertiary/aromatic N) is 1. The largest absolute Gasteiger partial charge is 0.497 e. The zero-order valence-corrected chi connectivity index (χ0v) is 14.0. The minimum Gasteiger partial charge on any atom is -0.497 e. The third kappa shape index (κ3) is 4.93. The van der Waals surface area contributed by atoms with E-state index < -0.39 is 0 Å². The molecule has 23 heavy (non-hydrogen) atoms. The van der Waals surface area contributed by atoms with Gasteiger partial charge in [-0.1, -0.05) is 24.3 Å². The first kappa shape index (κ1) is 17.7. The summed E-state index contributed by atoms with van der Waals surface area (Å²) >= 11 is 0. The fraction of sp³-hybridized carbons (Fsp3) is 0.474. The van der Waals surface area contributed by atoms with Gasteiger partial charge < -0.3 is 15.2 Å². The van der Waals surface area contributed by atoms with Gasteiger partial charge in [-0.25, -0.2) is 0 Å². The zero-order valence-electron chi connectivity index (χ0n) is 14.0. The maximum atomic E-state index is 6.33. The first-order valence-corrected chi connectivity index (χ1v) is 8.13. The van der Waals surface area contributed by atoms with E-state index in [2.05, 4.69) is 18.1 Å². The lowest BCUT2D eigenvalue weighted by molar-refractivity contribution is 0.0401. The molecule has 1 fully saturated rings. The Hall–Kier alpha value is -1.62. The van der Waals surface area contributed by atoms with E-state index >= 15 is 0 Å². The van der Waals surface area contributed by atoms with Gasteiger partial charge in [-0.15, -0.1) is 13.2 Å². The van der Waals surface area contributed by atoms with Gasteiger partial charge in [0, 0.05) is 25.2 Å². The fourth-order valence-corrected chi connectivity index (χ4v) is 3.17. The molecule has 2 N–H and O–H groups in total. The van der Waals surface area contributed by atoms with Gasteiger partial charge in [0.05, 0.1) is 19.8 Å². The molecule has 4 heteroatoms. The molecule has 4 nitrogen and oxygen atoms in total. The molecule has 1 aromatic carbocycles. The average molecular weight is 316 g/mol. The van der Waals surface area contributed by atoms with Crippen LogP contribution in [0, 0.1) is 0 Å². The maximum Gasteiger partial charge on any atom is 0.118 e. The molecule has 0 spiro atoms. The van der Waals surface area contributed by atoms with Crippen LogP contribution in [0.15, 0.2) is 49.6 Å².